The van der Waals surface area contributed by atoms with Crippen molar-refractivity contribution in [2.45, 2.75) is 26.2 Å². The summed E-state index contributed by atoms with van der Waals surface area (Å²) in [6.45, 7) is 2.22. The maximum atomic E-state index is 12.5. The molecular weight excluding hydrogens is 388 g/mol. The minimum Gasteiger partial charge on any atom is -0.493 e. The Morgan fingerprint density at radius 2 is 1.93 bits per heavy atom. The van der Waals surface area contributed by atoms with Crippen LogP contribution in [0.2, 0.25) is 0 Å². The second-order valence-corrected chi connectivity index (χ2v) is 8.05. The molecule has 0 aliphatic heterocycles. The van der Waals surface area contributed by atoms with Gasteiger partial charge >= 0.3 is 0 Å². The van der Waals surface area contributed by atoms with E-state index in [0.29, 0.717) is 33.7 Å². The van der Waals surface area contributed by atoms with Crippen LogP contribution < -0.4 is 19.5 Å². The lowest BCUT2D eigenvalue weighted by atomic mass is 9.89. The van der Waals surface area contributed by atoms with Crippen molar-refractivity contribution in [1.82, 2.24) is 0 Å². The number of benzene rings is 1. The molecule has 0 unspecified atom stereocenters. The summed E-state index contributed by atoms with van der Waals surface area (Å²) in [6, 6.07) is 5.79. The van der Waals surface area contributed by atoms with Gasteiger partial charge < -0.3 is 19.5 Å². The minimum atomic E-state index is -0.290. The van der Waals surface area contributed by atoms with Crippen molar-refractivity contribution in [3.05, 3.63) is 39.8 Å². The lowest BCUT2D eigenvalue weighted by Gasteiger charge is -2.17. The molecule has 1 amide bonds. The lowest BCUT2D eigenvalue weighted by molar-refractivity contribution is -0.111. The zero-order valence-corrected chi connectivity index (χ0v) is 17.8. The fraction of sp³-hybridized carbons (Fsp3) is 0.364. The van der Waals surface area contributed by atoms with Crippen molar-refractivity contribution in [3.63, 3.8) is 0 Å². The fourth-order valence-corrected chi connectivity index (χ4v) is 4.84. The van der Waals surface area contributed by atoms with Gasteiger partial charge in [0.2, 0.25) is 11.7 Å². The van der Waals surface area contributed by atoms with Crippen LogP contribution in [-0.2, 0) is 17.6 Å². The molecule has 0 fully saturated rings. The van der Waals surface area contributed by atoms with E-state index in [9.17, 15) is 10.1 Å². The average molecular weight is 413 g/mol. The Morgan fingerprint density at radius 1 is 1.24 bits per heavy atom. The first-order chi connectivity index (χ1) is 14.0. The van der Waals surface area contributed by atoms with Crippen LogP contribution in [0.15, 0.2) is 18.2 Å². The molecule has 0 saturated carbocycles. The summed E-state index contributed by atoms with van der Waals surface area (Å²) >= 11 is 1.51. The van der Waals surface area contributed by atoms with E-state index in [4.69, 9.17) is 14.2 Å². The van der Waals surface area contributed by atoms with Gasteiger partial charge in [0.25, 0.3) is 0 Å². The summed E-state index contributed by atoms with van der Waals surface area (Å²) in [4.78, 5) is 13.7. The number of carbonyl (C=O) groups excluding carboxylic acids is 1. The largest absolute Gasteiger partial charge is 0.493 e. The summed E-state index contributed by atoms with van der Waals surface area (Å²) in [7, 11) is 4.62. The van der Waals surface area contributed by atoms with Crippen LogP contribution in [-0.4, -0.2) is 27.2 Å². The molecular formula is C22H24N2O4S. The number of rotatable bonds is 6. The van der Waals surface area contributed by atoms with Gasteiger partial charge in [0.05, 0.1) is 26.9 Å². The number of nitriles is 1. The van der Waals surface area contributed by atoms with Crippen LogP contribution in [0.25, 0.3) is 6.08 Å². The Balaban J connectivity index is 1.80. The van der Waals surface area contributed by atoms with E-state index < -0.39 is 0 Å². The number of hydrogen-bond donors (Lipinski definition) is 1. The summed E-state index contributed by atoms with van der Waals surface area (Å²) in [6.07, 6.45) is 6.04. The van der Waals surface area contributed by atoms with Crippen LogP contribution >= 0.6 is 11.3 Å². The Morgan fingerprint density at radius 3 is 2.52 bits per heavy atom. The Hall–Kier alpha value is -2.98. The standard InChI is InChI=1S/C22H24N2O4S/c1-13-5-7-15-16(12-23)22(29-19(15)9-13)24-20(25)8-6-14-10-17(26-2)21(28-4)18(11-14)27-3/h6,8,10-11,13H,5,7,9H2,1-4H3,(H,24,25)/b8-6+/t13-/m1/s1. The molecule has 1 aromatic heterocycles. The van der Waals surface area contributed by atoms with E-state index in [1.807, 2.05) is 0 Å². The Kier molecular flexibility index (Phi) is 6.45. The second-order valence-electron chi connectivity index (χ2n) is 6.95. The van der Waals surface area contributed by atoms with Crippen molar-refractivity contribution in [2.24, 2.45) is 5.92 Å². The molecule has 1 heterocycles. The fourth-order valence-electron chi connectivity index (χ4n) is 3.48. The molecule has 152 valence electrons. The van der Waals surface area contributed by atoms with Gasteiger partial charge in [-0.3, -0.25) is 4.79 Å². The highest BCUT2D eigenvalue weighted by Gasteiger charge is 2.24. The van der Waals surface area contributed by atoms with Crippen LogP contribution in [0.5, 0.6) is 17.2 Å². The van der Waals surface area contributed by atoms with Crippen LogP contribution in [0.4, 0.5) is 5.00 Å². The highest BCUT2D eigenvalue weighted by atomic mass is 32.1. The third kappa shape index (κ3) is 4.38. The van der Waals surface area contributed by atoms with Crippen LogP contribution in [0.3, 0.4) is 0 Å². The normalized spacial score (nSPS) is 15.5. The number of carbonyl (C=O) groups is 1. The highest BCUT2D eigenvalue weighted by molar-refractivity contribution is 7.16. The second kappa shape index (κ2) is 9.01. The van der Waals surface area contributed by atoms with E-state index in [2.05, 4.69) is 18.3 Å². The number of ether oxygens (including phenoxy) is 3. The third-order valence-electron chi connectivity index (χ3n) is 4.97. The molecule has 6 nitrogen and oxygen atoms in total. The number of fused-ring (bicyclic) bond motifs is 1. The topological polar surface area (TPSA) is 80.6 Å². The van der Waals surface area contributed by atoms with Gasteiger partial charge in [-0.2, -0.15) is 5.26 Å². The van der Waals surface area contributed by atoms with E-state index in [1.54, 1.807) is 32.4 Å². The molecule has 1 aromatic carbocycles. The van der Waals surface area contributed by atoms with Crippen LogP contribution in [0.1, 0.15) is 34.9 Å². The van der Waals surface area contributed by atoms with Gasteiger partial charge in [0.1, 0.15) is 11.1 Å². The summed E-state index contributed by atoms with van der Waals surface area (Å²) in [5.74, 6) is 1.84. The van der Waals surface area contributed by atoms with Crippen molar-refractivity contribution in [2.75, 3.05) is 26.6 Å². The van der Waals surface area contributed by atoms with Gasteiger partial charge in [-0.05, 0) is 54.5 Å². The molecule has 2 aromatic rings. The first kappa shape index (κ1) is 20.7. The average Bonchev–Trinajstić information content (AvgIpc) is 3.06. The number of thiophene rings is 1. The maximum absolute atomic E-state index is 12.5. The lowest BCUT2D eigenvalue weighted by Crippen LogP contribution is -2.10. The van der Waals surface area contributed by atoms with Crippen molar-refractivity contribution < 1.29 is 19.0 Å². The first-order valence-corrected chi connectivity index (χ1v) is 10.2. The Bertz CT molecular complexity index is 962. The molecule has 0 spiro atoms. The molecule has 0 bridgehead atoms. The summed E-state index contributed by atoms with van der Waals surface area (Å²) in [5.41, 5.74) is 2.43. The zero-order valence-electron chi connectivity index (χ0n) is 17.0. The summed E-state index contributed by atoms with van der Waals surface area (Å²) in [5, 5.41) is 13.1. The van der Waals surface area contributed by atoms with Gasteiger partial charge in [0.15, 0.2) is 11.5 Å². The van der Waals surface area contributed by atoms with E-state index >= 15 is 0 Å². The number of methoxy groups -OCH3 is 3. The maximum Gasteiger partial charge on any atom is 0.249 e. The predicted octanol–water partition coefficient (Wildman–Crippen LogP) is 4.42. The first-order valence-electron chi connectivity index (χ1n) is 9.34. The zero-order chi connectivity index (χ0) is 21.0. The van der Waals surface area contributed by atoms with E-state index in [0.717, 1.165) is 30.4 Å². The van der Waals surface area contributed by atoms with Gasteiger partial charge in [-0.15, -0.1) is 11.3 Å². The van der Waals surface area contributed by atoms with Gasteiger partial charge in [-0.1, -0.05) is 6.92 Å². The number of nitrogens with one attached hydrogen (secondary N) is 1. The molecule has 3 rings (SSSR count). The number of amides is 1. The molecule has 7 heteroatoms. The van der Waals surface area contributed by atoms with E-state index in [1.165, 1.54) is 29.4 Å². The summed E-state index contributed by atoms with van der Waals surface area (Å²) < 4.78 is 16.0. The van der Waals surface area contributed by atoms with Crippen molar-refractivity contribution >= 4 is 28.3 Å². The highest BCUT2D eigenvalue weighted by Crippen LogP contribution is 2.40. The van der Waals surface area contributed by atoms with Gasteiger partial charge in [-0.25, -0.2) is 0 Å². The van der Waals surface area contributed by atoms with Crippen LogP contribution in [0, 0.1) is 17.2 Å². The predicted molar refractivity (Wildman–Crippen MR) is 114 cm³/mol. The van der Waals surface area contributed by atoms with Crippen molar-refractivity contribution in [3.8, 4) is 23.3 Å². The molecule has 1 aliphatic rings. The minimum absolute atomic E-state index is 0.290. The SMILES string of the molecule is COc1cc(/C=C/C(=O)Nc2sc3c(c2C#N)CC[C@@H](C)C3)cc(OC)c1OC. The number of hydrogen-bond acceptors (Lipinski definition) is 6. The molecule has 0 saturated heterocycles. The quantitative estimate of drug-likeness (QED) is 0.710. The number of anilines is 1. The van der Waals surface area contributed by atoms with E-state index in [-0.39, 0.29) is 5.91 Å². The molecule has 1 atom stereocenters. The molecule has 29 heavy (non-hydrogen) atoms. The molecule has 0 radical (unpaired) electrons. The number of nitrogens with zero attached hydrogens (tertiary/aromatic N) is 1. The van der Waals surface area contributed by atoms with Crippen molar-refractivity contribution in [1.29, 1.82) is 5.26 Å². The molecule has 1 N–H and O–H groups in total. The van der Waals surface area contributed by atoms with Gasteiger partial charge in [0, 0.05) is 11.0 Å². The third-order valence-corrected chi connectivity index (χ3v) is 6.14. The Labute approximate surface area is 174 Å². The molecule has 1 aliphatic carbocycles. The monoisotopic (exact) mass is 412 g/mol. The smallest absolute Gasteiger partial charge is 0.249 e.